The van der Waals surface area contributed by atoms with E-state index in [9.17, 15) is 23.1 Å². The zero-order valence-electron chi connectivity index (χ0n) is 24.7. The average molecular weight is 653 g/mol. The number of pyridine rings is 1. The standard InChI is InChI=1S/C30H32N6O7S2/c1-42-25-11-9-23-26(32-25)44-27(31-23)33-28(38)36-19-30(12-13-34(18-30)29(39)43-2)22-16-21(8-10-24(22)36)45(40,41)35(14-15-37)17-20-6-4-3-5-7-20/h3-11,16,37H,12-15,17-19H2,1-2H3,(H,31,33,38)/t30-/m0/s1. The van der Waals surface area contributed by atoms with E-state index in [-0.39, 0.29) is 37.7 Å². The van der Waals surface area contributed by atoms with E-state index in [2.05, 4.69) is 15.3 Å². The van der Waals surface area contributed by atoms with Crippen molar-refractivity contribution in [2.75, 3.05) is 57.2 Å². The van der Waals surface area contributed by atoms with Crippen LogP contribution in [0.1, 0.15) is 17.5 Å². The summed E-state index contributed by atoms with van der Waals surface area (Å²) in [5.41, 5.74) is 1.84. The van der Waals surface area contributed by atoms with E-state index in [4.69, 9.17) is 9.47 Å². The summed E-state index contributed by atoms with van der Waals surface area (Å²) in [4.78, 5) is 38.8. The van der Waals surface area contributed by atoms with Crippen molar-refractivity contribution in [2.45, 2.75) is 23.3 Å². The first-order valence-corrected chi connectivity index (χ1v) is 16.5. The molecule has 13 nitrogen and oxygen atoms in total. The van der Waals surface area contributed by atoms with Crippen molar-refractivity contribution in [1.82, 2.24) is 19.2 Å². The number of aliphatic hydroxyl groups excluding tert-OH is 1. The molecule has 0 unspecified atom stereocenters. The van der Waals surface area contributed by atoms with E-state index in [1.165, 1.54) is 35.9 Å². The van der Waals surface area contributed by atoms with Gasteiger partial charge < -0.3 is 19.5 Å². The van der Waals surface area contributed by atoms with Crippen LogP contribution in [0.4, 0.5) is 20.4 Å². The molecule has 2 aromatic carbocycles. The highest BCUT2D eigenvalue weighted by molar-refractivity contribution is 7.89. The minimum absolute atomic E-state index is 0.0370. The molecule has 1 atom stereocenters. The van der Waals surface area contributed by atoms with Gasteiger partial charge in [0, 0.05) is 49.9 Å². The fourth-order valence-electron chi connectivity index (χ4n) is 5.95. The largest absolute Gasteiger partial charge is 0.481 e. The number of rotatable bonds is 8. The zero-order valence-corrected chi connectivity index (χ0v) is 26.3. The Morgan fingerprint density at radius 2 is 1.89 bits per heavy atom. The quantitative estimate of drug-likeness (QED) is 0.290. The third kappa shape index (κ3) is 5.79. The molecular formula is C30H32N6O7S2. The van der Waals surface area contributed by atoms with Crippen molar-refractivity contribution >= 4 is 54.7 Å². The Balaban J connectivity index is 1.35. The number of aliphatic hydroxyl groups is 1. The zero-order chi connectivity index (χ0) is 31.8. The number of likely N-dealkylation sites (tertiary alicyclic amines) is 1. The number of carbonyl (C=O) groups excluding carboxylic acids is 2. The van der Waals surface area contributed by atoms with Gasteiger partial charge in [0.15, 0.2) is 5.13 Å². The number of thiazole rings is 1. The Morgan fingerprint density at radius 3 is 2.62 bits per heavy atom. The van der Waals surface area contributed by atoms with E-state index in [1.54, 1.807) is 34.1 Å². The molecule has 2 aliphatic rings. The van der Waals surface area contributed by atoms with Crippen molar-refractivity contribution in [2.24, 2.45) is 0 Å². The lowest BCUT2D eigenvalue weighted by Gasteiger charge is -2.26. The number of benzene rings is 2. The molecule has 2 N–H and O–H groups in total. The van der Waals surface area contributed by atoms with E-state index >= 15 is 0 Å². The lowest BCUT2D eigenvalue weighted by molar-refractivity contribution is 0.131. The smallest absolute Gasteiger partial charge is 0.409 e. The Labute approximate surface area is 264 Å². The second kappa shape index (κ2) is 12.2. The summed E-state index contributed by atoms with van der Waals surface area (Å²) in [5, 5.41) is 12.9. The SMILES string of the molecule is COC(=O)N1CC[C@]2(C1)CN(C(=O)Nc1nc3ccc(OC)nc3s1)c1ccc(S(=O)(=O)N(CCO)Cc3ccccc3)cc12. The van der Waals surface area contributed by atoms with Gasteiger partial charge in [0.25, 0.3) is 0 Å². The second-order valence-electron chi connectivity index (χ2n) is 10.9. The molecule has 3 amide bonds. The average Bonchev–Trinajstić information content (AvgIpc) is 3.75. The maximum absolute atomic E-state index is 14.0. The molecule has 0 radical (unpaired) electrons. The predicted octanol–water partition coefficient (Wildman–Crippen LogP) is 3.65. The third-order valence-electron chi connectivity index (χ3n) is 8.16. The molecule has 45 heavy (non-hydrogen) atoms. The summed E-state index contributed by atoms with van der Waals surface area (Å²) < 4.78 is 39.3. The highest BCUT2D eigenvalue weighted by Gasteiger charge is 2.50. The minimum Gasteiger partial charge on any atom is -0.481 e. The topological polar surface area (TPSA) is 154 Å². The number of nitrogens with one attached hydrogen (secondary N) is 1. The first-order valence-electron chi connectivity index (χ1n) is 14.2. The van der Waals surface area contributed by atoms with Gasteiger partial charge in [0.05, 0.1) is 25.7 Å². The van der Waals surface area contributed by atoms with Crippen LogP contribution in [0.5, 0.6) is 5.88 Å². The molecule has 2 aromatic heterocycles. The molecule has 15 heteroatoms. The number of carbonyl (C=O) groups is 2. The molecule has 236 valence electrons. The van der Waals surface area contributed by atoms with Crippen molar-refractivity contribution in [3.05, 3.63) is 71.8 Å². The Bertz CT molecular complexity index is 1850. The molecule has 2 aliphatic heterocycles. The van der Waals surface area contributed by atoms with E-state index in [1.807, 2.05) is 30.3 Å². The fraction of sp³-hybridized carbons (Fsp3) is 0.333. The third-order valence-corrected chi connectivity index (χ3v) is 10.9. The van der Waals surface area contributed by atoms with Crippen LogP contribution in [0, 0.1) is 0 Å². The molecule has 0 saturated carbocycles. The molecule has 4 aromatic rings. The van der Waals surface area contributed by atoms with Gasteiger partial charge in [-0.15, -0.1) is 0 Å². The molecule has 0 aliphatic carbocycles. The summed E-state index contributed by atoms with van der Waals surface area (Å²) in [6.07, 6.45) is 0.00641. The number of aromatic nitrogens is 2. The summed E-state index contributed by atoms with van der Waals surface area (Å²) in [6.45, 7) is 0.486. The highest BCUT2D eigenvalue weighted by Crippen LogP contribution is 2.48. The highest BCUT2D eigenvalue weighted by atomic mass is 32.2. The Hall–Kier alpha value is -4.31. The fourth-order valence-corrected chi connectivity index (χ4v) is 8.22. The number of hydrogen-bond acceptors (Lipinski definition) is 10. The first-order chi connectivity index (χ1) is 21.7. The van der Waals surface area contributed by atoms with Crippen molar-refractivity contribution in [3.8, 4) is 5.88 Å². The number of hydrogen-bond donors (Lipinski definition) is 2. The van der Waals surface area contributed by atoms with Crippen molar-refractivity contribution < 1.29 is 32.6 Å². The number of amides is 3. The summed E-state index contributed by atoms with van der Waals surface area (Å²) >= 11 is 1.21. The minimum atomic E-state index is -4.05. The van der Waals surface area contributed by atoms with Crippen LogP contribution >= 0.6 is 11.3 Å². The maximum Gasteiger partial charge on any atom is 0.409 e. The monoisotopic (exact) mass is 652 g/mol. The van der Waals surface area contributed by atoms with Crippen molar-refractivity contribution in [1.29, 1.82) is 0 Å². The normalized spacial score (nSPS) is 17.7. The van der Waals surface area contributed by atoms with Crippen LogP contribution in [0.3, 0.4) is 0 Å². The summed E-state index contributed by atoms with van der Waals surface area (Å²) in [6, 6.07) is 16.9. The van der Waals surface area contributed by atoms with E-state index < -0.39 is 27.6 Å². The van der Waals surface area contributed by atoms with E-state index in [0.717, 1.165) is 5.56 Å². The van der Waals surface area contributed by atoms with Crippen LogP contribution in [-0.4, -0.2) is 91.8 Å². The summed E-state index contributed by atoms with van der Waals surface area (Å²) in [7, 11) is -1.22. The van der Waals surface area contributed by atoms with Crippen LogP contribution < -0.4 is 15.0 Å². The van der Waals surface area contributed by atoms with Gasteiger partial charge in [-0.05, 0) is 41.8 Å². The Kier molecular flexibility index (Phi) is 8.35. The molecule has 1 fully saturated rings. The number of methoxy groups -OCH3 is 2. The Morgan fingerprint density at radius 1 is 1.09 bits per heavy atom. The molecule has 4 heterocycles. The maximum atomic E-state index is 14.0. The van der Waals surface area contributed by atoms with Gasteiger partial charge in [-0.3, -0.25) is 10.2 Å². The van der Waals surface area contributed by atoms with E-state index in [0.29, 0.717) is 45.6 Å². The van der Waals surface area contributed by atoms with Gasteiger partial charge in [0.2, 0.25) is 15.9 Å². The van der Waals surface area contributed by atoms with Gasteiger partial charge >= 0.3 is 12.1 Å². The van der Waals surface area contributed by atoms with Gasteiger partial charge in [0.1, 0.15) is 10.3 Å². The van der Waals surface area contributed by atoms with Crippen molar-refractivity contribution in [3.63, 3.8) is 0 Å². The van der Waals surface area contributed by atoms with Gasteiger partial charge in [-0.1, -0.05) is 41.7 Å². The second-order valence-corrected chi connectivity index (χ2v) is 13.8. The molecule has 0 bridgehead atoms. The molecule has 6 rings (SSSR count). The predicted molar refractivity (Wildman–Crippen MR) is 168 cm³/mol. The van der Waals surface area contributed by atoms with Crippen LogP contribution in [-0.2, 0) is 26.7 Å². The van der Waals surface area contributed by atoms with Crippen LogP contribution in [0.25, 0.3) is 10.3 Å². The number of ether oxygens (including phenoxy) is 2. The first kappa shape index (κ1) is 30.7. The lowest BCUT2D eigenvalue weighted by Crippen LogP contribution is -2.41. The number of urea groups is 1. The van der Waals surface area contributed by atoms with Gasteiger partial charge in [-0.2, -0.15) is 4.31 Å². The molecule has 1 saturated heterocycles. The van der Waals surface area contributed by atoms with Crippen LogP contribution in [0.2, 0.25) is 0 Å². The number of anilines is 2. The lowest BCUT2D eigenvalue weighted by atomic mass is 9.81. The van der Waals surface area contributed by atoms with Gasteiger partial charge in [-0.25, -0.2) is 28.0 Å². The number of nitrogens with zero attached hydrogens (tertiary/aromatic N) is 5. The van der Waals surface area contributed by atoms with Crippen LogP contribution in [0.15, 0.2) is 65.6 Å². The number of fused-ring (bicyclic) bond motifs is 3. The molecule has 1 spiro atoms. The number of sulfonamides is 1. The molecular weight excluding hydrogens is 620 g/mol. The summed E-state index contributed by atoms with van der Waals surface area (Å²) in [5.74, 6) is 0.433.